The summed E-state index contributed by atoms with van der Waals surface area (Å²) in [4.78, 5) is 11.8. The fourth-order valence-corrected chi connectivity index (χ4v) is 1.91. The average Bonchev–Trinajstić information content (AvgIpc) is 2.37. The van der Waals surface area contributed by atoms with Crippen molar-refractivity contribution in [3.8, 4) is 5.75 Å². The predicted octanol–water partition coefficient (Wildman–Crippen LogP) is 2.85. The van der Waals surface area contributed by atoms with Crippen LogP contribution in [0.25, 0.3) is 0 Å². The molecule has 0 N–H and O–H groups in total. The largest absolute Gasteiger partial charge is 0.460 e. The maximum Gasteiger partial charge on any atom is 0.374 e. The van der Waals surface area contributed by atoms with Gasteiger partial charge in [-0.05, 0) is 30.5 Å². The van der Waals surface area contributed by atoms with Gasteiger partial charge in [-0.3, -0.25) is 0 Å². The minimum Gasteiger partial charge on any atom is -0.460 e. The van der Waals surface area contributed by atoms with Gasteiger partial charge in [0.15, 0.2) is 0 Å². The first-order valence-electron chi connectivity index (χ1n) is 5.91. The van der Waals surface area contributed by atoms with Crippen molar-refractivity contribution in [3.05, 3.63) is 41.2 Å². The lowest BCUT2D eigenvalue weighted by Gasteiger charge is -2.21. The first kappa shape index (κ1) is 11.7. The van der Waals surface area contributed by atoms with E-state index in [1.165, 1.54) is 0 Å². The minimum absolute atomic E-state index is 0.362. The molecule has 0 unspecified atom stereocenters. The molecule has 17 heavy (non-hydrogen) atoms. The van der Waals surface area contributed by atoms with E-state index in [1.54, 1.807) is 6.92 Å². The van der Waals surface area contributed by atoms with E-state index in [9.17, 15) is 4.79 Å². The van der Waals surface area contributed by atoms with Crippen LogP contribution in [0.3, 0.4) is 0 Å². The first-order valence-corrected chi connectivity index (χ1v) is 5.91. The van der Waals surface area contributed by atoms with Gasteiger partial charge in [-0.2, -0.15) is 0 Å². The Balaban J connectivity index is 2.31. The van der Waals surface area contributed by atoms with Gasteiger partial charge < -0.3 is 9.47 Å². The molecule has 0 spiro atoms. The van der Waals surface area contributed by atoms with E-state index in [2.05, 4.69) is 0 Å². The molecule has 0 fully saturated rings. The Kier molecular flexibility index (Phi) is 3.47. The standard InChI is InChI=1S/C14H16O3/c1-3-10-9-11-7-5-6-8-12(11)17-13(10)14(15)16-4-2/h5-8H,3-4,9H2,1-2H3. The third-order valence-electron chi connectivity index (χ3n) is 2.80. The number of esters is 1. The topological polar surface area (TPSA) is 35.5 Å². The highest BCUT2D eigenvalue weighted by molar-refractivity contribution is 5.88. The number of carbonyl (C=O) groups excluding carboxylic acids is 1. The molecule has 90 valence electrons. The van der Waals surface area contributed by atoms with Crippen LogP contribution in [0.15, 0.2) is 35.6 Å². The van der Waals surface area contributed by atoms with E-state index in [4.69, 9.17) is 9.47 Å². The highest BCUT2D eigenvalue weighted by atomic mass is 16.6. The molecule has 1 aromatic rings. The van der Waals surface area contributed by atoms with Gasteiger partial charge >= 0.3 is 5.97 Å². The molecule has 1 aliphatic heterocycles. The number of ether oxygens (including phenoxy) is 2. The average molecular weight is 232 g/mol. The predicted molar refractivity (Wildman–Crippen MR) is 64.7 cm³/mol. The van der Waals surface area contributed by atoms with E-state index in [0.717, 1.165) is 29.7 Å². The van der Waals surface area contributed by atoms with Gasteiger partial charge in [-0.1, -0.05) is 25.1 Å². The molecule has 0 aliphatic carbocycles. The highest BCUT2D eigenvalue weighted by Gasteiger charge is 2.24. The molecule has 1 aliphatic rings. The summed E-state index contributed by atoms with van der Waals surface area (Å²) in [6, 6.07) is 7.78. The fraction of sp³-hybridized carbons (Fsp3) is 0.357. The highest BCUT2D eigenvalue weighted by Crippen LogP contribution is 2.31. The van der Waals surface area contributed by atoms with Gasteiger partial charge in [0.1, 0.15) is 5.75 Å². The molecule has 0 atom stereocenters. The van der Waals surface area contributed by atoms with Crippen LogP contribution in [0.4, 0.5) is 0 Å². The SMILES string of the molecule is CCOC(=O)C1=C(CC)Cc2ccccc2O1. The summed E-state index contributed by atoms with van der Waals surface area (Å²) in [7, 11) is 0. The maximum atomic E-state index is 11.8. The summed E-state index contributed by atoms with van der Waals surface area (Å²) in [5.74, 6) is 0.764. The summed E-state index contributed by atoms with van der Waals surface area (Å²) < 4.78 is 10.7. The second-order valence-electron chi connectivity index (χ2n) is 3.89. The Morgan fingerprint density at radius 2 is 2.12 bits per heavy atom. The third-order valence-corrected chi connectivity index (χ3v) is 2.80. The van der Waals surface area contributed by atoms with Crippen molar-refractivity contribution in [1.82, 2.24) is 0 Å². The monoisotopic (exact) mass is 232 g/mol. The van der Waals surface area contributed by atoms with Crippen LogP contribution in [-0.2, 0) is 16.0 Å². The van der Waals surface area contributed by atoms with Crippen LogP contribution in [0, 0.1) is 0 Å². The van der Waals surface area contributed by atoms with Crippen LogP contribution in [-0.4, -0.2) is 12.6 Å². The Bertz CT molecular complexity index is 460. The normalized spacial score (nSPS) is 14.0. The van der Waals surface area contributed by atoms with Crippen LogP contribution < -0.4 is 4.74 Å². The van der Waals surface area contributed by atoms with Gasteiger partial charge in [0, 0.05) is 6.42 Å². The first-order chi connectivity index (χ1) is 8.26. The zero-order valence-electron chi connectivity index (χ0n) is 10.2. The lowest BCUT2D eigenvalue weighted by atomic mass is 9.98. The Hall–Kier alpha value is -1.77. The zero-order chi connectivity index (χ0) is 12.3. The molecule has 0 saturated heterocycles. The molecule has 0 bridgehead atoms. The molecule has 0 saturated carbocycles. The molecular weight excluding hydrogens is 216 g/mol. The van der Waals surface area contributed by atoms with Gasteiger partial charge in [0.2, 0.25) is 5.76 Å². The number of hydrogen-bond donors (Lipinski definition) is 0. The summed E-state index contributed by atoms with van der Waals surface area (Å²) in [5, 5.41) is 0. The summed E-state index contributed by atoms with van der Waals surface area (Å²) in [6.45, 7) is 4.18. The molecule has 3 nitrogen and oxygen atoms in total. The molecule has 1 aromatic carbocycles. The van der Waals surface area contributed by atoms with Crippen molar-refractivity contribution in [3.63, 3.8) is 0 Å². The molecule has 0 amide bonds. The third kappa shape index (κ3) is 2.33. The van der Waals surface area contributed by atoms with Crippen molar-refractivity contribution in [2.75, 3.05) is 6.61 Å². The van der Waals surface area contributed by atoms with Crippen LogP contribution >= 0.6 is 0 Å². The fourth-order valence-electron chi connectivity index (χ4n) is 1.91. The van der Waals surface area contributed by atoms with E-state index in [-0.39, 0.29) is 5.97 Å². The molecule has 1 heterocycles. The molecule has 0 radical (unpaired) electrons. The van der Waals surface area contributed by atoms with Crippen molar-refractivity contribution in [2.45, 2.75) is 26.7 Å². The van der Waals surface area contributed by atoms with Crippen molar-refractivity contribution >= 4 is 5.97 Å². The summed E-state index contributed by atoms with van der Waals surface area (Å²) in [6.07, 6.45) is 1.56. The Morgan fingerprint density at radius 3 is 2.82 bits per heavy atom. The number of hydrogen-bond acceptors (Lipinski definition) is 3. The second-order valence-corrected chi connectivity index (χ2v) is 3.89. The van der Waals surface area contributed by atoms with Crippen molar-refractivity contribution in [2.24, 2.45) is 0 Å². The van der Waals surface area contributed by atoms with E-state index >= 15 is 0 Å². The molecule has 3 heteroatoms. The smallest absolute Gasteiger partial charge is 0.374 e. The number of rotatable bonds is 3. The molecule has 0 aromatic heterocycles. The number of para-hydroxylation sites is 1. The minimum atomic E-state index is -0.362. The number of benzene rings is 1. The van der Waals surface area contributed by atoms with E-state index in [0.29, 0.717) is 12.4 Å². The summed E-state index contributed by atoms with van der Waals surface area (Å²) >= 11 is 0. The van der Waals surface area contributed by atoms with Crippen molar-refractivity contribution in [1.29, 1.82) is 0 Å². The van der Waals surface area contributed by atoms with Gasteiger partial charge in [0.25, 0.3) is 0 Å². The van der Waals surface area contributed by atoms with E-state index < -0.39 is 0 Å². The maximum absolute atomic E-state index is 11.8. The number of fused-ring (bicyclic) bond motifs is 1. The Labute approximate surface area is 101 Å². The van der Waals surface area contributed by atoms with Crippen LogP contribution in [0.2, 0.25) is 0 Å². The van der Waals surface area contributed by atoms with Gasteiger partial charge in [-0.25, -0.2) is 4.79 Å². The lowest BCUT2D eigenvalue weighted by Crippen LogP contribution is -2.19. The van der Waals surface area contributed by atoms with E-state index in [1.807, 2.05) is 31.2 Å². The molecular formula is C14H16O3. The summed E-state index contributed by atoms with van der Waals surface area (Å²) in [5.41, 5.74) is 2.12. The molecule has 2 rings (SSSR count). The lowest BCUT2D eigenvalue weighted by molar-refractivity contribution is -0.141. The zero-order valence-corrected chi connectivity index (χ0v) is 10.2. The van der Waals surface area contributed by atoms with Gasteiger partial charge in [-0.15, -0.1) is 0 Å². The van der Waals surface area contributed by atoms with Crippen LogP contribution in [0.5, 0.6) is 5.75 Å². The quantitative estimate of drug-likeness (QED) is 0.752. The van der Waals surface area contributed by atoms with Crippen LogP contribution in [0.1, 0.15) is 25.8 Å². The van der Waals surface area contributed by atoms with Crippen molar-refractivity contribution < 1.29 is 14.3 Å². The number of allylic oxidation sites excluding steroid dienone is 1. The second kappa shape index (κ2) is 5.04. The Morgan fingerprint density at radius 1 is 1.35 bits per heavy atom. The van der Waals surface area contributed by atoms with Gasteiger partial charge in [0.05, 0.1) is 6.61 Å². The number of carbonyl (C=O) groups is 1.